The van der Waals surface area contributed by atoms with Gasteiger partial charge in [-0.2, -0.15) is 0 Å². The Bertz CT molecular complexity index is 1260. The molecule has 1 unspecified atom stereocenters. The molecule has 1 aliphatic heterocycles. The van der Waals surface area contributed by atoms with Crippen molar-refractivity contribution in [2.24, 2.45) is 5.92 Å². The number of hydrogen-bond donors (Lipinski definition) is 2. The Morgan fingerprint density at radius 3 is 2.26 bits per heavy atom. The van der Waals surface area contributed by atoms with Crippen molar-refractivity contribution >= 4 is 40.4 Å². The van der Waals surface area contributed by atoms with Crippen LogP contribution in [0.3, 0.4) is 0 Å². The first-order valence-corrected chi connectivity index (χ1v) is 12.1. The molecule has 2 N–H and O–H groups in total. The summed E-state index contributed by atoms with van der Waals surface area (Å²) in [6.45, 7) is 1.48. The van der Waals surface area contributed by atoms with Crippen molar-refractivity contribution in [3.63, 3.8) is 0 Å². The van der Waals surface area contributed by atoms with Gasteiger partial charge in [0.05, 0.1) is 11.6 Å². The summed E-state index contributed by atoms with van der Waals surface area (Å²) in [4.78, 5) is 15.1. The van der Waals surface area contributed by atoms with Gasteiger partial charge < -0.3 is 15.5 Å². The number of para-hydroxylation sites is 1. The number of anilines is 4. The monoisotopic (exact) mass is 483 g/mol. The van der Waals surface area contributed by atoms with Crippen LogP contribution in [-0.2, 0) is 4.79 Å². The van der Waals surface area contributed by atoms with E-state index in [-0.39, 0.29) is 11.8 Å². The van der Waals surface area contributed by atoms with Crippen LogP contribution in [-0.4, -0.2) is 29.2 Å². The molecule has 1 aromatic heterocycles. The Balaban J connectivity index is 1.18. The van der Waals surface area contributed by atoms with Gasteiger partial charge in [-0.3, -0.25) is 4.79 Å². The molecule has 7 heteroatoms. The zero-order valence-electron chi connectivity index (χ0n) is 19.2. The second kappa shape index (κ2) is 10.6. The number of benzene rings is 3. The smallest absolute Gasteiger partial charge is 0.229 e. The van der Waals surface area contributed by atoms with Crippen molar-refractivity contribution in [3.8, 4) is 11.3 Å². The predicted molar refractivity (Wildman–Crippen MR) is 142 cm³/mol. The van der Waals surface area contributed by atoms with Gasteiger partial charge in [-0.25, -0.2) is 0 Å². The SMILES string of the molecule is O=C(Nc1ccc(Nc2ccccc2)cc1)C1CCCN(c2ccc(-c3ccc(Cl)cc3)nn2)C1. The molecule has 35 heavy (non-hydrogen) atoms. The standard InChI is InChI=1S/C28H26ClN5O/c29-22-10-8-20(9-11-22)26-16-17-27(33-32-26)34-18-4-5-21(19-34)28(35)31-25-14-12-24(13-15-25)30-23-6-2-1-3-7-23/h1-3,6-17,21,30H,4-5,18-19H2,(H,31,35). The number of piperidine rings is 1. The minimum absolute atomic E-state index is 0.0317. The molecule has 2 heterocycles. The fourth-order valence-corrected chi connectivity index (χ4v) is 4.36. The average Bonchev–Trinajstić information content (AvgIpc) is 2.91. The Morgan fingerprint density at radius 2 is 1.54 bits per heavy atom. The molecule has 3 aromatic carbocycles. The van der Waals surface area contributed by atoms with Crippen molar-refractivity contribution in [2.45, 2.75) is 12.8 Å². The van der Waals surface area contributed by atoms with Crippen molar-refractivity contribution in [2.75, 3.05) is 28.6 Å². The Morgan fingerprint density at radius 1 is 0.829 bits per heavy atom. The number of rotatable bonds is 6. The molecular formula is C28H26ClN5O. The normalized spacial score (nSPS) is 15.5. The molecule has 0 spiro atoms. The Hall–Kier alpha value is -3.90. The van der Waals surface area contributed by atoms with Crippen molar-refractivity contribution in [3.05, 3.63) is 96.0 Å². The molecule has 4 aromatic rings. The summed E-state index contributed by atoms with van der Waals surface area (Å²) >= 11 is 5.97. The maximum Gasteiger partial charge on any atom is 0.229 e. The van der Waals surface area contributed by atoms with Gasteiger partial charge in [0, 0.05) is 40.7 Å². The highest BCUT2D eigenvalue weighted by Crippen LogP contribution is 2.25. The van der Waals surface area contributed by atoms with E-state index in [0.29, 0.717) is 11.6 Å². The summed E-state index contributed by atoms with van der Waals surface area (Å²) in [5.74, 6) is 0.712. The van der Waals surface area contributed by atoms with Crippen molar-refractivity contribution < 1.29 is 4.79 Å². The molecule has 1 amide bonds. The quantitative estimate of drug-likeness (QED) is 0.332. The van der Waals surface area contributed by atoms with Crippen LogP contribution < -0.4 is 15.5 Å². The zero-order valence-corrected chi connectivity index (χ0v) is 19.9. The summed E-state index contributed by atoms with van der Waals surface area (Å²) in [7, 11) is 0. The van der Waals surface area contributed by atoms with E-state index in [1.54, 1.807) is 0 Å². The van der Waals surface area contributed by atoms with Crippen LogP contribution in [0.2, 0.25) is 5.02 Å². The first-order valence-electron chi connectivity index (χ1n) is 11.7. The summed E-state index contributed by atoms with van der Waals surface area (Å²) in [5.41, 5.74) is 4.55. The van der Waals surface area contributed by atoms with Gasteiger partial charge in [-0.05, 0) is 73.5 Å². The molecule has 0 aliphatic carbocycles. The van der Waals surface area contributed by atoms with E-state index < -0.39 is 0 Å². The van der Waals surface area contributed by atoms with E-state index >= 15 is 0 Å². The maximum absolute atomic E-state index is 13.0. The molecular weight excluding hydrogens is 458 g/mol. The Labute approximate surface area is 210 Å². The average molecular weight is 484 g/mol. The van der Waals surface area contributed by atoms with Crippen LogP contribution in [0.15, 0.2) is 91.0 Å². The summed E-state index contributed by atoms with van der Waals surface area (Å²) in [6, 6.07) is 29.2. The molecule has 1 atom stereocenters. The van der Waals surface area contributed by atoms with Crippen LogP contribution in [0.4, 0.5) is 22.9 Å². The summed E-state index contributed by atoms with van der Waals surface area (Å²) in [5, 5.41) is 15.9. The van der Waals surface area contributed by atoms with E-state index in [9.17, 15) is 4.79 Å². The van der Waals surface area contributed by atoms with Crippen LogP contribution in [0, 0.1) is 5.92 Å². The lowest BCUT2D eigenvalue weighted by atomic mass is 9.97. The number of nitrogens with zero attached hydrogens (tertiary/aromatic N) is 3. The first-order chi connectivity index (χ1) is 17.1. The largest absolute Gasteiger partial charge is 0.356 e. The number of amides is 1. The van der Waals surface area contributed by atoms with Gasteiger partial charge >= 0.3 is 0 Å². The highest BCUT2D eigenvalue weighted by molar-refractivity contribution is 6.30. The summed E-state index contributed by atoms with van der Waals surface area (Å²) in [6.07, 6.45) is 1.78. The van der Waals surface area contributed by atoms with Gasteiger partial charge in [-0.1, -0.05) is 41.9 Å². The summed E-state index contributed by atoms with van der Waals surface area (Å²) < 4.78 is 0. The number of carbonyl (C=O) groups excluding carboxylic acids is 1. The lowest BCUT2D eigenvalue weighted by molar-refractivity contribution is -0.120. The minimum atomic E-state index is -0.108. The van der Waals surface area contributed by atoms with Crippen LogP contribution in [0.25, 0.3) is 11.3 Å². The van der Waals surface area contributed by atoms with Crippen molar-refractivity contribution in [1.82, 2.24) is 10.2 Å². The first kappa shape index (κ1) is 22.9. The topological polar surface area (TPSA) is 70.2 Å². The molecule has 0 saturated carbocycles. The number of nitrogens with one attached hydrogen (secondary N) is 2. The number of aromatic nitrogens is 2. The third-order valence-electron chi connectivity index (χ3n) is 6.12. The van der Waals surface area contributed by atoms with Gasteiger partial charge in [0.2, 0.25) is 5.91 Å². The van der Waals surface area contributed by atoms with E-state index in [1.807, 2.05) is 91.0 Å². The fraction of sp³-hybridized carbons (Fsp3) is 0.179. The van der Waals surface area contributed by atoms with Crippen molar-refractivity contribution in [1.29, 1.82) is 0 Å². The third-order valence-corrected chi connectivity index (χ3v) is 6.37. The molecule has 1 saturated heterocycles. The zero-order chi connectivity index (χ0) is 24.0. The second-order valence-corrected chi connectivity index (χ2v) is 9.06. The predicted octanol–water partition coefficient (Wildman–Crippen LogP) is 6.40. The number of carbonyl (C=O) groups is 1. The highest BCUT2D eigenvalue weighted by atomic mass is 35.5. The van der Waals surface area contributed by atoms with E-state index in [1.165, 1.54) is 0 Å². The third kappa shape index (κ3) is 5.78. The van der Waals surface area contributed by atoms with Gasteiger partial charge in [0.25, 0.3) is 0 Å². The van der Waals surface area contributed by atoms with Gasteiger partial charge in [0.1, 0.15) is 0 Å². The van der Waals surface area contributed by atoms with E-state index in [0.717, 1.165) is 53.5 Å². The molecule has 176 valence electrons. The molecule has 1 fully saturated rings. The van der Waals surface area contributed by atoms with Gasteiger partial charge in [-0.15, -0.1) is 10.2 Å². The number of halogens is 1. The Kier molecular flexibility index (Phi) is 6.91. The maximum atomic E-state index is 13.0. The lowest BCUT2D eigenvalue weighted by Gasteiger charge is -2.32. The molecule has 6 nitrogen and oxygen atoms in total. The molecule has 5 rings (SSSR count). The molecule has 0 bridgehead atoms. The minimum Gasteiger partial charge on any atom is -0.356 e. The lowest BCUT2D eigenvalue weighted by Crippen LogP contribution is -2.41. The number of hydrogen-bond acceptors (Lipinski definition) is 5. The van der Waals surface area contributed by atoms with Crippen LogP contribution >= 0.6 is 11.6 Å². The van der Waals surface area contributed by atoms with E-state index in [4.69, 9.17) is 11.6 Å². The second-order valence-electron chi connectivity index (χ2n) is 8.63. The highest BCUT2D eigenvalue weighted by Gasteiger charge is 2.27. The fourth-order valence-electron chi connectivity index (χ4n) is 4.24. The molecule has 1 aliphatic rings. The van der Waals surface area contributed by atoms with Crippen LogP contribution in [0.5, 0.6) is 0 Å². The van der Waals surface area contributed by atoms with E-state index in [2.05, 4.69) is 25.7 Å². The van der Waals surface area contributed by atoms with Crippen LogP contribution in [0.1, 0.15) is 12.8 Å². The van der Waals surface area contributed by atoms with Gasteiger partial charge in [0.15, 0.2) is 5.82 Å². The molecule has 0 radical (unpaired) electrons.